The lowest BCUT2D eigenvalue weighted by Gasteiger charge is -2.24. The number of ether oxygens (including phenoxy) is 1. The monoisotopic (exact) mass is 546 g/mol. The van der Waals surface area contributed by atoms with Gasteiger partial charge in [0.05, 0.1) is 17.1 Å². The van der Waals surface area contributed by atoms with Crippen molar-refractivity contribution in [3.8, 4) is 22.8 Å². The summed E-state index contributed by atoms with van der Waals surface area (Å²) in [5.41, 5.74) is 13.2. The molecule has 0 fully saturated rings. The third-order valence-electron chi connectivity index (χ3n) is 5.52. The first kappa shape index (κ1) is 26.9. The fraction of sp³-hybridized carbons (Fsp3) is 0.200. The van der Waals surface area contributed by atoms with Crippen LogP contribution in [-0.4, -0.2) is 43.0 Å². The van der Waals surface area contributed by atoms with Crippen LogP contribution in [0.4, 0.5) is 19.1 Å². The fourth-order valence-electron chi connectivity index (χ4n) is 3.72. The number of halogens is 4. The molecule has 2 aromatic carbocycles. The Morgan fingerprint density at radius 2 is 1.84 bits per heavy atom. The second-order valence-electron chi connectivity index (χ2n) is 8.44. The van der Waals surface area contributed by atoms with E-state index in [9.17, 15) is 18.0 Å². The largest absolute Gasteiger partial charge is 0.480 e. The number of anilines is 1. The van der Waals surface area contributed by atoms with Crippen LogP contribution in [0.25, 0.3) is 16.9 Å². The molecule has 4 rings (SSSR count). The zero-order chi connectivity index (χ0) is 27.6. The number of hydrogen-bond acceptors (Lipinski definition) is 7. The molecule has 198 valence electrons. The highest BCUT2D eigenvalue weighted by Crippen LogP contribution is 2.40. The summed E-state index contributed by atoms with van der Waals surface area (Å²) in [6, 6.07) is 12.2. The summed E-state index contributed by atoms with van der Waals surface area (Å²) in [5, 5.41) is 13.4. The quantitative estimate of drug-likeness (QED) is 0.293. The second-order valence-corrected chi connectivity index (χ2v) is 8.88. The van der Waals surface area contributed by atoms with Gasteiger partial charge >= 0.3 is 12.1 Å². The van der Waals surface area contributed by atoms with E-state index < -0.39 is 30.2 Å². The van der Waals surface area contributed by atoms with Gasteiger partial charge in [-0.1, -0.05) is 41.9 Å². The molecule has 0 amide bonds. The predicted molar refractivity (Wildman–Crippen MR) is 134 cm³/mol. The summed E-state index contributed by atoms with van der Waals surface area (Å²) in [5.74, 6) is -1.83. The smallest absolute Gasteiger partial charge is 0.429 e. The zero-order valence-electron chi connectivity index (χ0n) is 19.9. The van der Waals surface area contributed by atoms with Crippen LogP contribution in [0.15, 0.2) is 60.8 Å². The number of carboxylic acid groups (broad SMARTS) is 1. The predicted octanol–water partition coefficient (Wildman–Crippen LogP) is 4.51. The number of benzene rings is 2. The summed E-state index contributed by atoms with van der Waals surface area (Å²) >= 11 is 6.08. The molecule has 0 radical (unpaired) electrons. The molecule has 4 aromatic rings. The van der Waals surface area contributed by atoms with Gasteiger partial charge in [-0.05, 0) is 37.1 Å². The van der Waals surface area contributed by atoms with Gasteiger partial charge in [-0.3, -0.25) is 4.79 Å². The lowest BCUT2D eigenvalue weighted by Crippen LogP contribution is -2.32. The standard InChI is InChI=1S/C25H22ClF3N6O3/c1-13-8-9-35(34-13)20-11-16(26)6-7-17(20)22(25(27,28)29)38-21-12-19(32-24(31)33-21)15-4-2-14(3-5-15)10-18(30)23(36)37/h2-9,11-12,18,22H,10,30H2,1H3,(H,36,37)(H2,31,32,33)/t18?,22-/m1/s1. The van der Waals surface area contributed by atoms with Crippen molar-refractivity contribution < 1.29 is 27.8 Å². The Hall–Kier alpha value is -4.16. The Labute approximate surface area is 219 Å². The summed E-state index contributed by atoms with van der Waals surface area (Å²) < 4.78 is 49.6. The fourth-order valence-corrected chi connectivity index (χ4v) is 3.88. The van der Waals surface area contributed by atoms with Crippen LogP contribution in [-0.2, 0) is 11.2 Å². The molecule has 1 unspecified atom stereocenters. The first-order valence-corrected chi connectivity index (χ1v) is 11.6. The van der Waals surface area contributed by atoms with E-state index in [1.807, 2.05) is 0 Å². The molecule has 0 spiro atoms. The summed E-state index contributed by atoms with van der Waals surface area (Å²) in [7, 11) is 0. The van der Waals surface area contributed by atoms with Crippen molar-refractivity contribution in [3.05, 3.63) is 82.6 Å². The van der Waals surface area contributed by atoms with Crippen molar-refractivity contribution in [2.24, 2.45) is 5.73 Å². The molecule has 0 aliphatic carbocycles. The summed E-state index contributed by atoms with van der Waals surface area (Å²) in [6.07, 6.45) is -5.65. The second kappa shape index (κ2) is 10.7. The number of nitrogen functional groups attached to an aromatic ring is 1. The Morgan fingerprint density at radius 3 is 2.45 bits per heavy atom. The van der Waals surface area contributed by atoms with Crippen molar-refractivity contribution in [2.75, 3.05) is 5.73 Å². The molecule has 5 N–H and O–H groups in total. The Bertz CT molecular complexity index is 1460. The van der Waals surface area contributed by atoms with E-state index in [-0.39, 0.29) is 34.3 Å². The zero-order valence-corrected chi connectivity index (χ0v) is 20.6. The van der Waals surface area contributed by atoms with Gasteiger partial charge in [0.15, 0.2) is 0 Å². The number of nitrogens with zero attached hydrogens (tertiary/aromatic N) is 4. The van der Waals surface area contributed by atoms with Crippen LogP contribution < -0.4 is 16.2 Å². The highest BCUT2D eigenvalue weighted by molar-refractivity contribution is 6.30. The van der Waals surface area contributed by atoms with E-state index in [1.165, 1.54) is 35.1 Å². The third kappa shape index (κ3) is 6.21. The van der Waals surface area contributed by atoms with Crippen molar-refractivity contribution >= 4 is 23.5 Å². The molecule has 0 saturated carbocycles. The van der Waals surface area contributed by atoms with E-state index in [4.69, 9.17) is 32.9 Å². The summed E-state index contributed by atoms with van der Waals surface area (Å²) in [4.78, 5) is 18.9. The number of nitrogens with two attached hydrogens (primary N) is 2. The number of rotatable bonds is 8. The van der Waals surface area contributed by atoms with Gasteiger partial charge < -0.3 is 21.3 Å². The highest BCUT2D eigenvalue weighted by Gasteiger charge is 2.45. The van der Waals surface area contributed by atoms with Crippen molar-refractivity contribution in [3.63, 3.8) is 0 Å². The van der Waals surface area contributed by atoms with Gasteiger partial charge in [-0.15, -0.1) is 0 Å². The molecule has 2 heterocycles. The lowest BCUT2D eigenvalue weighted by atomic mass is 10.0. The van der Waals surface area contributed by atoms with Gasteiger partial charge in [-0.25, -0.2) is 9.67 Å². The van der Waals surface area contributed by atoms with Crippen LogP contribution in [0, 0.1) is 6.92 Å². The Kier molecular flexibility index (Phi) is 7.56. The molecule has 13 heteroatoms. The van der Waals surface area contributed by atoms with Crippen molar-refractivity contribution in [2.45, 2.75) is 31.7 Å². The number of alkyl halides is 3. The third-order valence-corrected chi connectivity index (χ3v) is 5.76. The van der Waals surface area contributed by atoms with E-state index >= 15 is 0 Å². The number of aryl methyl sites for hydroxylation is 1. The van der Waals surface area contributed by atoms with Gasteiger partial charge in [0.1, 0.15) is 6.04 Å². The molecular formula is C25H22ClF3N6O3. The maximum Gasteiger partial charge on any atom is 0.429 e. The van der Waals surface area contributed by atoms with Crippen LogP contribution in [0.1, 0.15) is 22.9 Å². The molecular weight excluding hydrogens is 525 g/mol. The van der Waals surface area contributed by atoms with Crippen LogP contribution in [0.3, 0.4) is 0 Å². The number of carbonyl (C=O) groups is 1. The van der Waals surface area contributed by atoms with Crippen LogP contribution in [0.5, 0.6) is 5.88 Å². The van der Waals surface area contributed by atoms with E-state index in [0.29, 0.717) is 16.8 Å². The van der Waals surface area contributed by atoms with E-state index in [0.717, 1.165) is 0 Å². The number of hydrogen-bond donors (Lipinski definition) is 3. The molecule has 2 aromatic heterocycles. The van der Waals surface area contributed by atoms with E-state index in [1.54, 1.807) is 37.3 Å². The topological polar surface area (TPSA) is 142 Å². The lowest BCUT2D eigenvalue weighted by molar-refractivity contribution is -0.198. The molecule has 38 heavy (non-hydrogen) atoms. The normalized spacial score (nSPS) is 13.2. The Balaban J connectivity index is 1.68. The first-order chi connectivity index (χ1) is 17.9. The first-order valence-electron chi connectivity index (χ1n) is 11.2. The number of aliphatic carboxylic acids is 1. The SMILES string of the molecule is Cc1ccn(-c2cc(Cl)ccc2[C@@H](Oc2cc(-c3ccc(CC(N)C(=O)O)cc3)nc(N)n2)C(F)(F)F)n1. The molecule has 0 aliphatic heterocycles. The molecule has 2 atom stereocenters. The molecule has 0 aliphatic rings. The van der Waals surface area contributed by atoms with Gasteiger partial charge in [0.2, 0.25) is 17.9 Å². The molecule has 9 nitrogen and oxygen atoms in total. The summed E-state index contributed by atoms with van der Waals surface area (Å²) in [6.45, 7) is 1.71. The minimum absolute atomic E-state index is 0.0883. The minimum atomic E-state index is -4.84. The van der Waals surface area contributed by atoms with Crippen molar-refractivity contribution in [1.29, 1.82) is 0 Å². The van der Waals surface area contributed by atoms with E-state index in [2.05, 4.69) is 15.1 Å². The highest BCUT2D eigenvalue weighted by atomic mass is 35.5. The average molecular weight is 547 g/mol. The molecule has 0 bridgehead atoms. The number of aromatic nitrogens is 4. The number of carboxylic acids is 1. The average Bonchev–Trinajstić information content (AvgIpc) is 3.28. The van der Waals surface area contributed by atoms with Gasteiger partial charge in [0, 0.05) is 28.4 Å². The molecule has 0 saturated heterocycles. The van der Waals surface area contributed by atoms with Gasteiger partial charge in [-0.2, -0.15) is 23.3 Å². The van der Waals surface area contributed by atoms with Crippen LogP contribution in [0.2, 0.25) is 5.02 Å². The van der Waals surface area contributed by atoms with Crippen LogP contribution >= 0.6 is 11.6 Å². The van der Waals surface area contributed by atoms with Crippen molar-refractivity contribution in [1.82, 2.24) is 19.7 Å². The maximum atomic E-state index is 14.3. The van der Waals surface area contributed by atoms with Gasteiger partial charge in [0.25, 0.3) is 0 Å². The maximum absolute atomic E-state index is 14.3. The minimum Gasteiger partial charge on any atom is -0.480 e. The Morgan fingerprint density at radius 1 is 1.13 bits per heavy atom.